The lowest BCUT2D eigenvalue weighted by molar-refractivity contribution is -0.152. The summed E-state index contributed by atoms with van der Waals surface area (Å²) in [6.45, 7) is 5.95. The first-order valence-electron chi connectivity index (χ1n) is 8.54. The van der Waals surface area contributed by atoms with Crippen LogP contribution in [0.5, 0.6) is 0 Å². The Morgan fingerprint density at radius 2 is 0.962 bits per heavy atom. The molecule has 0 fully saturated rings. The van der Waals surface area contributed by atoms with Crippen LogP contribution in [0, 0.1) is 0 Å². The van der Waals surface area contributed by atoms with E-state index in [2.05, 4.69) is 0 Å². The molecular weight excluding hydrogens is 348 g/mol. The normalized spacial score (nSPS) is 22.7. The van der Waals surface area contributed by atoms with Crippen molar-refractivity contribution in [2.75, 3.05) is 46.2 Å². The second-order valence-electron chi connectivity index (χ2n) is 8.16. The maximum Gasteiger partial charge on any atom is 0.111 e. The van der Waals surface area contributed by atoms with E-state index >= 15 is 0 Å². The predicted molar refractivity (Wildman–Crippen MR) is 93.7 cm³/mol. The second-order valence-corrected chi connectivity index (χ2v) is 8.16. The van der Waals surface area contributed by atoms with Crippen molar-refractivity contribution in [2.24, 2.45) is 0 Å². The smallest absolute Gasteiger partial charge is 0.111 e. The van der Waals surface area contributed by atoms with Crippen molar-refractivity contribution in [1.82, 2.24) is 0 Å². The summed E-state index contributed by atoms with van der Waals surface area (Å²) in [6.07, 6.45) is -0.981. The van der Waals surface area contributed by atoms with Crippen molar-refractivity contribution in [3.05, 3.63) is 0 Å². The first kappa shape index (κ1) is 25.6. The summed E-state index contributed by atoms with van der Waals surface area (Å²) in [5.74, 6) is 0. The van der Waals surface area contributed by atoms with E-state index in [0.717, 1.165) is 0 Å². The topological polar surface area (TPSA) is 149 Å². The van der Waals surface area contributed by atoms with Crippen molar-refractivity contribution in [2.45, 2.75) is 63.1 Å². The molecule has 0 aromatic heterocycles. The molecule has 9 heteroatoms. The minimum atomic E-state index is -1.42. The number of aliphatic hydroxyl groups is 6. The maximum atomic E-state index is 10.2. The molecule has 0 aliphatic carbocycles. The average molecular weight is 384 g/mol. The van der Waals surface area contributed by atoms with Crippen LogP contribution in [-0.4, -0.2) is 105 Å². The number of hydrogen-bond donors (Lipinski definition) is 6. The lowest BCUT2D eigenvalue weighted by Gasteiger charge is -2.30. The first-order valence-corrected chi connectivity index (χ1v) is 8.54. The molecule has 26 heavy (non-hydrogen) atoms. The number of hydrogen-bond acceptors (Lipinski definition) is 9. The Labute approximate surface area is 155 Å². The molecule has 5 unspecified atom stereocenters. The van der Waals surface area contributed by atoms with E-state index in [1.54, 1.807) is 0 Å². The van der Waals surface area contributed by atoms with Crippen LogP contribution in [0.25, 0.3) is 0 Å². The number of aliphatic hydroxyl groups excluding tert-OH is 2. The van der Waals surface area contributed by atoms with E-state index in [-0.39, 0.29) is 39.6 Å². The first-order chi connectivity index (χ1) is 11.6. The van der Waals surface area contributed by atoms with Gasteiger partial charge in [-0.05, 0) is 34.6 Å². The molecule has 5 atom stereocenters. The summed E-state index contributed by atoms with van der Waals surface area (Å²) in [6, 6.07) is 0. The molecule has 0 aromatic carbocycles. The zero-order chi connectivity index (χ0) is 20.6. The molecule has 6 N–H and O–H groups in total. The zero-order valence-electron chi connectivity index (χ0n) is 16.4. The van der Waals surface area contributed by atoms with Gasteiger partial charge in [-0.15, -0.1) is 0 Å². The Kier molecular flexibility index (Phi) is 10.1. The Morgan fingerprint density at radius 3 is 1.27 bits per heavy atom. The largest absolute Gasteiger partial charge is 0.393 e. The van der Waals surface area contributed by atoms with E-state index < -0.39 is 35.1 Å². The van der Waals surface area contributed by atoms with E-state index in [9.17, 15) is 25.5 Å². The van der Waals surface area contributed by atoms with Gasteiger partial charge in [0.2, 0.25) is 0 Å². The highest BCUT2D eigenvalue weighted by atomic mass is 16.5. The third kappa shape index (κ3) is 11.4. The Bertz CT molecular complexity index is 392. The van der Waals surface area contributed by atoms with Gasteiger partial charge in [0.25, 0.3) is 0 Å². The van der Waals surface area contributed by atoms with Gasteiger partial charge in [0.1, 0.15) is 22.4 Å². The molecule has 0 bridgehead atoms. The third-order valence-corrected chi connectivity index (χ3v) is 3.70. The average Bonchev–Trinajstić information content (AvgIpc) is 2.45. The van der Waals surface area contributed by atoms with Crippen LogP contribution in [-0.2, 0) is 14.2 Å². The van der Waals surface area contributed by atoms with Gasteiger partial charge in [-0.1, -0.05) is 0 Å². The zero-order valence-corrected chi connectivity index (χ0v) is 16.4. The van der Waals surface area contributed by atoms with Gasteiger partial charge in [0.05, 0.1) is 52.4 Å². The van der Waals surface area contributed by atoms with Gasteiger partial charge in [-0.2, -0.15) is 0 Å². The van der Waals surface area contributed by atoms with Gasteiger partial charge < -0.3 is 44.8 Å². The summed E-state index contributed by atoms with van der Waals surface area (Å²) in [7, 11) is 0. The second kappa shape index (κ2) is 10.3. The molecule has 0 rings (SSSR count). The quantitative estimate of drug-likeness (QED) is 0.208. The van der Waals surface area contributed by atoms with Gasteiger partial charge in [-0.3, -0.25) is 0 Å². The highest BCUT2D eigenvalue weighted by Gasteiger charge is 2.30. The molecule has 0 saturated carbocycles. The van der Waals surface area contributed by atoms with E-state index in [0.29, 0.717) is 0 Å². The van der Waals surface area contributed by atoms with Gasteiger partial charge in [-0.25, -0.2) is 0 Å². The van der Waals surface area contributed by atoms with Crippen molar-refractivity contribution in [3.8, 4) is 0 Å². The minimum Gasteiger partial charge on any atom is -0.393 e. The summed E-state index contributed by atoms with van der Waals surface area (Å²) in [5.41, 5.74) is -5.51. The highest BCUT2D eigenvalue weighted by Crippen LogP contribution is 2.14. The molecule has 0 aromatic rings. The van der Waals surface area contributed by atoms with Gasteiger partial charge in [0, 0.05) is 0 Å². The summed E-state index contributed by atoms with van der Waals surface area (Å²) in [5, 5.41) is 58.1. The van der Waals surface area contributed by atoms with Gasteiger partial charge >= 0.3 is 0 Å². The molecule has 158 valence electrons. The molecule has 0 saturated heterocycles. The molecular formula is C17H36O9. The molecule has 0 aliphatic rings. The summed E-state index contributed by atoms with van der Waals surface area (Å²) < 4.78 is 15.7. The summed E-state index contributed by atoms with van der Waals surface area (Å²) in [4.78, 5) is 0. The molecule has 9 nitrogen and oxygen atoms in total. The van der Waals surface area contributed by atoms with Crippen molar-refractivity contribution < 1.29 is 44.8 Å². The third-order valence-electron chi connectivity index (χ3n) is 3.70. The van der Waals surface area contributed by atoms with Crippen molar-refractivity contribution in [3.63, 3.8) is 0 Å². The van der Waals surface area contributed by atoms with Crippen LogP contribution in [0.1, 0.15) is 34.6 Å². The summed E-state index contributed by atoms with van der Waals surface area (Å²) >= 11 is 0. The SMILES string of the molecule is CC(O)C(C)(O)COCC(C)(O)COCC(C)(O)COCC(C)(O)CO. The molecule has 0 amide bonds. The predicted octanol–water partition coefficient (Wildman–Crippen LogP) is -1.59. The van der Waals surface area contributed by atoms with Gasteiger partial charge in [0.15, 0.2) is 0 Å². The van der Waals surface area contributed by atoms with Crippen LogP contribution in [0.3, 0.4) is 0 Å². The molecule has 0 aliphatic heterocycles. The lowest BCUT2D eigenvalue weighted by Crippen LogP contribution is -2.45. The van der Waals surface area contributed by atoms with Crippen LogP contribution in [0.15, 0.2) is 0 Å². The van der Waals surface area contributed by atoms with Crippen LogP contribution in [0.2, 0.25) is 0 Å². The Morgan fingerprint density at radius 1 is 0.654 bits per heavy atom. The molecule has 0 radical (unpaired) electrons. The molecule has 0 heterocycles. The van der Waals surface area contributed by atoms with E-state index in [1.807, 2.05) is 0 Å². The van der Waals surface area contributed by atoms with Crippen molar-refractivity contribution in [1.29, 1.82) is 0 Å². The number of ether oxygens (including phenoxy) is 3. The lowest BCUT2D eigenvalue weighted by atomic mass is 10.0. The highest BCUT2D eigenvalue weighted by molar-refractivity contribution is 4.80. The van der Waals surface area contributed by atoms with Crippen LogP contribution >= 0.6 is 0 Å². The van der Waals surface area contributed by atoms with Crippen molar-refractivity contribution >= 4 is 0 Å². The van der Waals surface area contributed by atoms with Crippen LogP contribution < -0.4 is 0 Å². The fourth-order valence-corrected chi connectivity index (χ4v) is 1.71. The Hall–Kier alpha value is -0.360. The van der Waals surface area contributed by atoms with E-state index in [1.165, 1.54) is 34.6 Å². The minimum absolute atomic E-state index is 0.126. The Balaban J connectivity index is 4.14. The fraction of sp³-hybridized carbons (Fsp3) is 1.00. The fourth-order valence-electron chi connectivity index (χ4n) is 1.71. The van der Waals surface area contributed by atoms with Crippen LogP contribution in [0.4, 0.5) is 0 Å². The monoisotopic (exact) mass is 384 g/mol. The standard InChI is InChI=1S/C17H36O9/c1-13(19)17(5,23)12-26-11-16(4,22)10-25-9-15(3,21)8-24-7-14(2,20)6-18/h13,18-23H,6-12H2,1-5H3. The van der Waals surface area contributed by atoms with E-state index in [4.69, 9.17) is 19.3 Å². The maximum absolute atomic E-state index is 10.2. The molecule has 0 spiro atoms. The number of rotatable bonds is 14.